The normalized spacial score (nSPS) is 17.5. The minimum absolute atomic E-state index is 0.0599. The molecular weight excluding hydrogens is 410 g/mol. The van der Waals surface area contributed by atoms with Gasteiger partial charge in [-0.3, -0.25) is 9.36 Å². The number of hydrogen-bond donors (Lipinski definition) is 1. The van der Waals surface area contributed by atoms with Crippen LogP contribution in [0, 0.1) is 5.92 Å². The highest BCUT2D eigenvalue weighted by Crippen LogP contribution is 2.32. The van der Waals surface area contributed by atoms with Gasteiger partial charge in [0.2, 0.25) is 11.9 Å². The van der Waals surface area contributed by atoms with Crippen LogP contribution >= 0.6 is 11.8 Å². The Bertz CT molecular complexity index is 859. The summed E-state index contributed by atoms with van der Waals surface area (Å²) in [6.45, 7) is 2.73. The number of hydrogen-bond acceptors (Lipinski definition) is 6. The third-order valence-corrected chi connectivity index (χ3v) is 7.16. The van der Waals surface area contributed by atoms with Crippen LogP contribution in [-0.4, -0.2) is 53.2 Å². The fourth-order valence-corrected chi connectivity index (χ4v) is 5.28. The molecule has 1 aliphatic heterocycles. The van der Waals surface area contributed by atoms with E-state index in [4.69, 9.17) is 4.74 Å². The van der Waals surface area contributed by atoms with Gasteiger partial charge in [0.25, 0.3) is 0 Å². The SMILES string of the molecule is COc1ccccc1-n1c(SCC(=O)NCC2CCCCC2)nnc1N1CCCCC1. The Morgan fingerprint density at radius 1 is 1.10 bits per heavy atom. The second-order valence-electron chi connectivity index (χ2n) is 8.43. The summed E-state index contributed by atoms with van der Waals surface area (Å²) in [6, 6.07) is 7.91. The van der Waals surface area contributed by atoms with Crippen molar-refractivity contribution in [3.8, 4) is 11.4 Å². The Labute approximate surface area is 188 Å². The zero-order chi connectivity index (χ0) is 21.5. The lowest BCUT2D eigenvalue weighted by molar-refractivity contribution is -0.118. The van der Waals surface area contributed by atoms with Crippen LogP contribution in [0.2, 0.25) is 0 Å². The summed E-state index contributed by atoms with van der Waals surface area (Å²) in [5.41, 5.74) is 0.903. The average Bonchev–Trinajstić information content (AvgIpc) is 3.26. The number of piperidine rings is 1. The number of rotatable bonds is 8. The monoisotopic (exact) mass is 443 g/mol. The number of carbonyl (C=O) groups excluding carboxylic acids is 1. The average molecular weight is 444 g/mol. The number of thioether (sulfide) groups is 1. The zero-order valence-corrected chi connectivity index (χ0v) is 19.2. The fourth-order valence-electron chi connectivity index (χ4n) is 4.51. The Kier molecular flexibility index (Phi) is 7.72. The Morgan fingerprint density at radius 3 is 2.61 bits per heavy atom. The van der Waals surface area contributed by atoms with E-state index < -0.39 is 0 Å². The molecule has 1 saturated heterocycles. The van der Waals surface area contributed by atoms with E-state index in [2.05, 4.69) is 20.4 Å². The number of methoxy groups -OCH3 is 1. The van der Waals surface area contributed by atoms with Crippen molar-refractivity contribution in [3.05, 3.63) is 24.3 Å². The molecule has 1 aliphatic carbocycles. The molecule has 4 rings (SSSR count). The van der Waals surface area contributed by atoms with E-state index in [1.807, 2.05) is 28.8 Å². The fraction of sp³-hybridized carbons (Fsp3) is 0.609. The molecule has 1 aromatic carbocycles. The molecule has 1 N–H and O–H groups in total. The molecule has 2 aromatic rings. The first-order chi connectivity index (χ1) is 15.3. The van der Waals surface area contributed by atoms with Gasteiger partial charge < -0.3 is 15.0 Å². The van der Waals surface area contributed by atoms with Crippen LogP contribution in [-0.2, 0) is 4.79 Å². The largest absolute Gasteiger partial charge is 0.495 e. The van der Waals surface area contributed by atoms with Crippen LogP contribution < -0.4 is 15.0 Å². The van der Waals surface area contributed by atoms with Crippen LogP contribution in [0.3, 0.4) is 0 Å². The van der Waals surface area contributed by atoms with Crippen LogP contribution in [0.25, 0.3) is 5.69 Å². The van der Waals surface area contributed by atoms with Crippen molar-refractivity contribution in [1.82, 2.24) is 20.1 Å². The summed E-state index contributed by atoms with van der Waals surface area (Å²) in [6.07, 6.45) is 9.94. The van der Waals surface area contributed by atoms with Gasteiger partial charge in [-0.2, -0.15) is 0 Å². The number of benzene rings is 1. The molecule has 1 saturated carbocycles. The Hall–Kier alpha value is -2.22. The van der Waals surface area contributed by atoms with Crippen molar-refractivity contribution in [2.24, 2.45) is 5.92 Å². The molecule has 8 heteroatoms. The third-order valence-electron chi connectivity index (χ3n) is 6.23. The first kappa shape index (κ1) is 22.0. The first-order valence-corrected chi connectivity index (χ1v) is 12.5. The Morgan fingerprint density at radius 2 is 1.84 bits per heavy atom. The zero-order valence-electron chi connectivity index (χ0n) is 18.4. The lowest BCUT2D eigenvalue weighted by atomic mass is 9.89. The number of ether oxygens (including phenoxy) is 1. The second-order valence-corrected chi connectivity index (χ2v) is 9.38. The topological polar surface area (TPSA) is 72.3 Å². The molecule has 2 fully saturated rings. The van der Waals surface area contributed by atoms with Crippen molar-refractivity contribution in [3.63, 3.8) is 0 Å². The second kappa shape index (κ2) is 10.9. The Balaban J connectivity index is 1.49. The summed E-state index contributed by atoms with van der Waals surface area (Å²) >= 11 is 1.44. The number of amides is 1. The van der Waals surface area contributed by atoms with Crippen molar-refractivity contribution < 1.29 is 9.53 Å². The lowest BCUT2D eigenvalue weighted by Gasteiger charge is -2.28. The molecule has 0 radical (unpaired) electrons. The van der Waals surface area contributed by atoms with Crippen molar-refractivity contribution in [2.75, 3.05) is 37.4 Å². The maximum Gasteiger partial charge on any atom is 0.232 e. The predicted molar refractivity (Wildman–Crippen MR) is 124 cm³/mol. The van der Waals surface area contributed by atoms with Crippen LogP contribution in [0.4, 0.5) is 5.95 Å². The van der Waals surface area contributed by atoms with Gasteiger partial charge in [-0.05, 0) is 50.2 Å². The van der Waals surface area contributed by atoms with Crippen LogP contribution in [0.15, 0.2) is 29.4 Å². The molecular formula is C23H33N5O2S. The summed E-state index contributed by atoms with van der Waals surface area (Å²) in [5.74, 6) is 2.62. The number of para-hydroxylation sites is 2. The standard InChI is InChI=1S/C23H33N5O2S/c1-30-20-13-7-6-12-19(20)28-22(27-14-8-3-9-15-27)25-26-23(28)31-17-21(29)24-16-18-10-4-2-5-11-18/h6-7,12-13,18H,2-5,8-11,14-17H2,1H3,(H,24,29). The van der Waals surface area contributed by atoms with Gasteiger partial charge in [0, 0.05) is 19.6 Å². The quantitative estimate of drug-likeness (QED) is 0.621. The lowest BCUT2D eigenvalue weighted by Crippen LogP contribution is -2.32. The van der Waals surface area contributed by atoms with Gasteiger partial charge in [-0.15, -0.1) is 10.2 Å². The number of anilines is 1. The molecule has 31 heavy (non-hydrogen) atoms. The molecule has 7 nitrogen and oxygen atoms in total. The van der Waals surface area contributed by atoms with Crippen LogP contribution in [0.1, 0.15) is 51.4 Å². The van der Waals surface area contributed by atoms with E-state index in [1.165, 1.54) is 50.3 Å². The maximum atomic E-state index is 12.5. The van der Waals surface area contributed by atoms with Gasteiger partial charge >= 0.3 is 0 Å². The van der Waals surface area contributed by atoms with Crippen molar-refractivity contribution in [2.45, 2.75) is 56.5 Å². The predicted octanol–water partition coefficient (Wildman–Crippen LogP) is 4.05. The molecule has 0 unspecified atom stereocenters. The molecule has 168 valence electrons. The maximum absolute atomic E-state index is 12.5. The summed E-state index contributed by atoms with van der Waals surface area (Å²) < 4.78 is 7.66. The molecule has 0 atom stereocenters. The highest BCUT2D eigenvalue weighted by molar-refractivity contribution is 7.99. The minimum Gasteiger partial charge on any atom is -0.495 e. The van der Waals surface area contributed by atoms with E-state index in [1.54, 1.807) is 7.11 Å². The van der Waals surface area contributed by atoms with E-state index in [0.29, 0.717) is 11.7 Å². The van der Waals surface area contributed by atoms with Crippen molar-refractivity contribution >= 4 is 23.6 Å². The number of carbonyl (C=O) groups is 1. The van der Waals surface area contributed by atoms with E-state index in [9.17, 15) is 4.79 Å². The minimum atomic E-state index is 0.0599. The first-order valence-electron chi connectivity index (χ1n) is 11.5. The van der Waals surface area contributed by atoms with Gasteiger partial charge in [0.05, 0.1) is 18.6 Å². The summed E-state index contributed by atoms with van der Waals surface area (Å²) in [7, 11) is 1.68. The summed E-state index contributed by atoms with van der Waals surface area (Å²) in [5, 5.41) is 12.8. The molecule has 1 amide bonds. The highest BCUT2D eigenvalue weighted by Gasteiger charge is 2.24. The number of nitrogens with zero attached hydrogens (tertiary/aromatic N) is 4. The van der Waals surface area contributed by atoms with Gasteiger partial charge in [-0.25, -0.2) is 0 Å². The molecule has 0 bridgehead atoms. The number of aromatic nitrogens is 3. The van der Waals surface area contributed by atoms with E-state index in [0.717, 1.165) is 55.0 Å². The van der Waals surface area contributed by atoms with Gasteiger partial charge in [0.15, 0.2) is 5.16 Å². The molecule has 1 aromatic heterocycles. The van der Waals surface area contributed by atoms with E-state index >= 15 is 0 Å². The smallest absolute Gasteiger partial charge is 0.232 e. The molecule has 0 spiro atoms. The van der Waals surface area contributed by atoms with E-state index in [-0.39, 0.29) is 5.91 Å². The van der Waals surface area contributed by atoms with Gasteiger partial charge in [0.1, 0.15) is 5.75 Å². The number of nitrogens with one attached hydrogen (secondary N) is 1. The highest BCUT2D eigenvalue weighted by atomic mass is 32.2. The molecule has 2 heterocycles. The van der Waals surface area contributed by atoms with Gasteiger partial charge in [-0.1, -0.05) is 43.2 Å². The summed E-state index contributed by atoms with van der Waals surface area (Å²) in [4.78, 5) is 14.8. The third kappa shape index (κ3) is 5.53. The van der Waals surface area contributed by atoms with Crippen molar-refractivity contribution in [1.29, 1.82) is 0 Å². The molecule has 2 aliphatic rings. The van der Waals surface area contributed by atoms with Crippen LogP contribution in [0.5, 0.6) is 5.75 Å².